The molecule has 1 saturated heterocycles. The number of hydrogen-bond acceptors (Lipinski definition) is 3. The largest absolute Gasteiger partial charge is 0.337 e. The van der Waals surface area contributed by atoms with Crippen LogP contribution in [-0.2, 0) is 9.84 Å². The highest BCUT2D eigenvalue weighted by molar-refractivity contribution is 14.1. The summed E-state index contributed by atoms with van der Waals surface area (Å²) in [4.78, 5) is 14.4. The van der Waals surface area contributed by atoms with E-state index >= 15 is 0 Å². The smallest absolute Gasteiger partial charge is 0.253 e. The van der Waals surface area contributed by atoms with Crippen molar-refractivity contribution >= 4 is 49.9 Å². The SMILES string of the molecule is O=C(c1ccc(I)cc1)N1CCC(S(=O)(=O)c2ccc(Cl)cc2)C1. The van der Waals surface area contributed by atoms with E-state index in [1.54, 1.807) is 29.2 Å². The number of nitrogens with zero attached hydrogens (tertiary/aromatic N) is 1. The molecule has 1 atom stereocenters. The lowest BCUT2D eigenvalue weighted by molar-refractivity contribution is 0.0793. The number of amides is 1. The molecule has 0 aromatic heterocycles. The van der Waals surface area contributed by atoms with Gasteiger partial charge in [0, 0.05) is 27.2 Å². The number of likely N-dealkylation sites (tertiary alicyclic amines) is 1. The van der Waals surface area contributed by atoms with E-state index in [1.807, 2.05) is 12.1 Å². The van der Waals surface area contributed by atoms with Crippen LogP contribution in [0.5, 0.6) is 0 Å². The van der Waals surface area contributed by atoms with Crippen molar-refractivity contribution in [3.63, 3.8) is 0 Å². The van der Waals surface area contributed by atoms with E-state index < -0.39 is 15.1 Å². The number of carbonyl (C=O) groups is 1. The summed E-state index contributed by atoms with van der Waals surface area (Å²) >= 11 is 7.99. The zero-order chi connectivity index (χ0) is 17.3. The van der Waals surface area contributed by atoms with Crippen molar-refractivity contribution in [2.45, 2.75) is 16.6 Å². The Kier molecular flexibility index (Phi) is 5.17. The van der Waals surface area contributed by atoms with Gasteiger partial charge in [-0.15, -0.1) is 0 Å². The van der Waals surface area contributed by atoms with Crippen LogP contribution in [0.1, 0.15) is 16.8 Å². The van der Waals surface area contributed by atoms with Crippen molar-refractivity contribution in [2.24, 2.45) is 0 Å². The van der Waals surface area contributed by atoms with Crippen LogP contribution in [0.25, 0.3) is 0 Å². The lowest BCUT2D eigenvalue weighted by Crippen LogP contribution is -2.31. The van der Waals surface area contributed by atoms with Crippen molar-refractivity contribution in [3.05, 3.63) is 62.7 Å². The fourth-order valence-corrected chi connectivity index (χ4v) is 4.94. The summed E-state index contributed by atoms with van der Waals surface area (Å²) in [7, 11) is -3.46. The van der Waals surface area contributed by atoms with Crippen LogP contribution in [0, 0.1) is 3.57 Å². The molecule has 1 fully saturated rings. The first kappa shape index (κ1) is 17.7. The molecule has 0 radical (unpaired) electrons. The summed E-state index contributed by atoms with van der Waals surface area (Å²) in [6.45, 7) is 0.665. The minimum Gasteiger partial charge on any atom is -0.337 e. The molecule has 1 amide bonds. The Morgan fingerprint density at radius 3 is 2.33 bits per heavy atom. The van der Waals surface area contributed by atoms with Crippen LogP contribution in [0.4, 0.5) is 0 Å². The minimum absolute atomic E-state index is 0.125. The van der Waals surface area contributed by atoms with E-state index in [1.165, 1.54) is 12.1 Å². The van der Waals surface area contributed by atoms with Gasteiger partial charge in [-0.3, -0.25) is 4.79 Å². The van der Waals surface area contributed by atoms with Gasteiger partial charge >= 0.3 is 0 Å². The van der Waals surface area contributed by atoms with E-state index in [4.69, 9.17) is 11.6 Å². The summed E-state index contributed by atoms with van der Waals surface area (Å²) < 4.78 is 26.5. The van der Waals surface area contributed by atoms with E-state index in [9.17, 15) is 13.2 Å². The highest BCUT2D eigenvalue weighted by Crippen LogP contribution is 2.26. The topological polar surface area (TPSA) is 54.5 Å². The molecular weight excluding hydrogens is 461 g/mol. The molecule has 1 aliphatic rings. The van der Waals surface area contributed by atoms with E-state index in [-0.39, 0.29) is 17.3 Å². The van der Waals surface area contributed by atoms with Gasteiger partial charge in [0.2, 0.25) is 0 Å². The fourth-order valence-electron chi connectivity index (χ4n) is 2.76. The summed E-state index contributed by atoms with van der Waals surface area (Å²) in [6, 6.07) is 13.4. The number of rotatable bonds is 3. The third-order valence-electron chi connectivity index (χ3n) is 4.10. The summed E-state index contributed by atoms with van der Waals surface area (Å²) in [5, 5.41) is -0.0811. The highest BCUT2D eigenvalue weighted by atomic mass is 127. The Labute approximate surface area is 159 Å². The predicted molar refractivity (Wildman–Crippen MR) is 102 cm³/mol. The lowest BCUT2D eigenvalue weighted by Gasteiger charge is -2.17. The first-order valence-electron chi connectivity index (χ1n) is 7.42. The molecule has 3 rings (SSSR count). The average molecular weight is 476 g/mol. The van der Waals surface area contributed by atoms with Gasteiger partial charge in [-0.25, -0.2) is 8.42 Å². The first-order chi connectivity index (χ1) is 11.4. The van der Waals surface area contributed by atoms with Gasteiger partial charge in [-0.05, 0) is 77.5 Å². The van der Waals surface area contributed by atoms with E-state index in [0.29, 0.717) is 23.6 Å². The summed E-state index contributed by atoms with van der Waals surface area (Å²) in [6.07, 6.45) is 0.446. The van der Waals surface area contributed by atoms with Gasteiger partial charge in [0.15, 0.2) is 9.84 Å². The normalized spacial score (nSPS) is 17.9. The first-order valence-corrected chi connectivity index (χ1v) is 10.4. The standard InChI is InChI=1S/C17H15ClINO3S/c18-13-3-7-15(8-4-13)24(22,23)16-9-10-20(11-16)17(21)12-1-5-14(19)6-2-12/h1-8,16H,9-11H2. The Bertz CT molecular complexity index is 850. The molecule has 4 nitrogen and oxygen atoms in total. The van der Waals surface area contributed by atoms with Crippen LogP contribution in [0.15, 0.2) is 53.4 Å². The van der Waals surface area contributed by atoms with E-state index in [2.05, 4.69) is 22.6 Å². The number of halogens is 2. The van der Waals surface area contributed by atoms with Gasteiger partial charge < -0.3 is 4.90 Å². The van der Waals surface area contributed by atoms with Gasteiger partial charge in [-0.1, -0.05) is 11.6 Å². The molecule has 0 spiro atoms. The maximum atomic E-state index is 12.7. The molecule has 24 heavy (non-hydrogen) atoms. The van der Waals surface area contributed by atoms with Gasteiger partial charge in [-0.2, -0.15) is 0 Å². The number of hydrogen-bond donors (Lipinski definition) is 0. The summed E-state index contributed by atoms with van der Waals surface area (Å²) in [5.41, 5.74) is 0.583. The lowest BCUT2D eigenvalue weighted by atomic mass is 10.2. The summed E-state index contributed by atoms with van der Waals surface area (Å²) in [5.74, 6) is -0.125. The Morgan fingerprint density at radius 2 is 1.71 bits per heavy atom. The average Bonchev–Trinajstić information content (AvgIpc) is 3.06. The van der Waals surface area contributed by atoms with Crippen molar-refractivity contribution in [1.82, 2.24) is 4.90 Å². The maximum absolute atomic E-state index is 12.7. The zero-order valence-corrected chi connectivity index (χ0v) is 16.4. The van der Waals surface area contributed by atoms with Crippen LogP contribution in [0.3, 0.4) is 0 Å². The molecule has 7 heteroatoms. The molecule has 1 heterocycles. The molecule has 1 unspecified atom stereocenters. The van der Waals surface area contributed by atoms with Gasteiger partial charge in [0.25, 0.3) is 5.91 Å². The number of benzene rings is 2. The fraction of sp³-hybridized carbons (Fsp3) is 0.235. The van der Waals surface area contributed by atoms with Crippen molar-refractivity contribution in [2.75, 3.05) is 13.1 Å². The highest BCUT2D eigenvalue weighted by Gasteiger charge is 2.36. The Hall–Kier alpha value is -1.12. The molecule has 0 N–H and O–H groups in total. The second kappa shape index (κ2) is 7.01. The Balaban J connectivity index is 1.76. The number of sulfone groups is 1. The zero-order valence-electron chi connectivity index (χ0n) is 12.7. The molecule has 1 aliphatic heterocycles. The Morgan fingerprint density at radius 1 is 1.08 bits per heavy atom. The number of carbonyl (C=O) groups excluding carboxylic acids is 1. The van der Waals surface area contributed by atoms with Crippen molar-refractivity contribution in [1.29, 1.82) is 0 Å². The monoisotopic (exact) mass is 475 g/mol. The molecule has 0 aliphatic carbocycles. The van der Waals surface area contributed by atoms with E-state index in [0.717, 1.165) is 3.57 Å². The minimum atomic E-state index is -3.46. The van der Waals surface area contributed by atoms with Crippen LogP contribution < -0.4 is 0 Å². The predicted octanol–water partition coefficient (Wildman–Crippen LogP) is 3.63. The third-order valence-corrected chi connectivity index (χ3v) is 7.27. The molecule has 2 aromatic carbocycles. The van der Waals surface area contributed by atoms with Crippen LogP contribution in [0.2, 0.25) is 5.02 Å². The van der Waals surface area contributed by atoms with Gasteiger partial charge in [0.1, 0.15) is 0 Å². The second-order valence-electron chi connectivity index (χ2n) is 5.67. The molecule has 2 aromatic rings. The molecular formula is C17H15ClINO3S. The molecule has 0 saturated carbocycles. The van der Waals surface area contributed by atoms with Crippen molar-refractivity contribution < 1.29 is 13.2 Å². The van der Waals surface area contributed by atoms with Crippen LogP contribution >= 0.6 is 34.2 Å². The second-order valence-corrected chi connectivity index (χ2v) is 9.58. The van der Waals surface area contributed by atoms with Crippen molar-refractivity contribution in [3.8, 4) is 0 Å². The molecule has 0 bridgehead atoms. The third kappa shape index (κ3) is 3.60. The quantitative estimate of drug-likeness (QED) is 0.637. The maximum Gasteiger partial charge on any atom is 0.253 e. The molecule has 126 valence electrons. The van der Waals surface area contributed by atoms with Crippen LogP contribution in [-0.4, -0.2) is 37.6 Å². The van der Waals surface area contributed by atoms with Gasteiger partial charge in [0.05, 0.1) is 10.1 Å².